The number of rotatable bonds is 3. The molecular weight excluding hydrogens is 388 g/mol. The highest BCUT2D eigenvalue weighted by Crippen LogP contribution is 2.22. The Balaban J connectivity index is 1.62. The van der Waals surface area contributed by atoms with Gasteiger partial charge in [0.15, 0.2) is 0 Å². The molecule has 2 N–H and O–H groups in total. The van der Waals surface area contributed by atoms with Gasteiger partial charge in [-0.1, -0.05) is 24.3 Å². The number of carbonyl (C=O) groups is 1. The van der Waals surface area contributed by atoms with Crippen molar-refractivity contribution in [3.63, 3.8) is 0 Å². The average molecular weight is 412 g/mol. The van der Waals surface area contributed by atoms with Crippen LogP contribution in [0.4, 0.5) is 16.2 Å². The van der Waals surface area contributed by atoms with Crippen LogP contribution in [0.15, 0.2) is 65.5 Å². The van der Waals surface area contributed by atoms with Crippen LogP contribution >= 0.6 is 0 Å². The van der Waals surface area contributed by atoms with Crippen LogP contribution in [0, 0.1) is 27.7 Å². The highest BCUT2D eigenvalue weighted by molar-refractivity contribution is 6.00. The topological polar surface area (TPSA) is 76.0 Å². The van der Waals surface area contributed by atoms with Crippen molar-refractivity contribution in [3.05, 3.63) is 93.5 Å². The van der Waals surface area contributed by atoms with Crippen LogP contribution in [0.2, 0.25) is 0 Å². The number of urea groups is 1. The lowest BCUT2D eigenvalue weighted by Gasteiger charge is -2.15. The SMILES string of the molecule is Cc1cc(-n2c(C)nc3ccccc3c2=O)ccc1NC(=O)Nc1cccc(C)c1C. The van der Waals surface area contributed by atoms with Gasteiger partial charge in [-0.25, -0.2) is 9.78 Å². The summed E-state index contributed by atoms with van der Waals surface area (Å²) in [5, 5.41) is 6.36. The molecule has 6 nitrogen and oxygen atoms in total. The van der Waals surface area contributed by atoms with Gasteiger partial charge in [0.25, 0.3) is 5.56 Å². The maximum absolute atomic E-state index is 13.0. The molecule has 0 atom stereocenters. The normalized spacial score (nSPS) is 10.8. The summed E-state index contributed by atoms with van der Waals surface area (Å²) in [7, 11) is 0. The summed E-state index contributed by atoms with van der Waals surface area (Å²) in [5.74, 6) is 0.608. The zero-order valence-electron chi connectivity index (χ0n) is 18.0. The predicted octanol–water partition coefficient (Wildman–Crippen LogP) is 5.26. The second-order valence-electron chi connectivity index (χ2n) is 7.64. The minimum atomic E-state index is -0.315. The molecule has 0 radical (unpaired) electrons. The van der Waals surface area contributed by atoms with E-state index in [1.807, 2.05) is 76.2 Å². The first-order chi connectivity index (χ1) is 14.8. The molecule has 4 aromatic rings. The molecule has 3 aromatic carbocycles. The molecule has 1 aromatic heterocycles. The number of benzene rings is 3. The summed E-state index contributed by atoms with van der Waals surface area (Å²) in [5.41, 5.74) is 5.70. The quantitative estimate of drug-likeness (QED) is 0.482. The molecule has 1 heterocycles. The van der Waals surface area contributed by atoms with E-state index in [0.29, 0.717) is 28.1 Å². The molecule has 0 bridgehead atoms. The fraction of sp³-hybridized carbons (Fsp3) is 0.160. The van der Waals surface area contributed by atoms with Crippen molar-refractivity contribution < 1.29 is 4.79 Å². The van der Waals surface area contributed by atoms with Crippen LogP contribution < -0.4 is 16.2 Å². The highest BCUT2D eigenvalue weighted by Gasteiger charge is 2.12. The first kappa shape index (κ1) is 20.3. The van der Waals surface area contributed by atoms with E-state index in [4.69, 9.17) is 0 Å². The van der Waals surface area contributed by atoms with Gasteiger partial charge in [0.1, 0.15) is 5.82 Å². The molecule has 156 valence electrons. The van der Waals surface area contributed by atoms with E-state index in [0.717, 1.165) is 22.4 Å². The Hall–Kier alpha value is -3.93. The molecule has 0 unspecified atom stereocenters. The van der Waals surface area contributed by atoms with Gasteiger partial charge in [-0.3, -0.25) is 9.36 Å². The van der Waals surface area contributed by atoms with Crippen molar-refractivity contribution in [2.75, 3.05) is 10.6 Å². The summed E-state index contributed by atoms with van der Waals surface area (Å²) in [6.45, 7) is 7.69. The number of aromatic nitrogens is 2. The maximum atomic E-state index is 13.0. The van der Waals surface area contributed by atoms with Gasteiger partial charge < -0.3 is 10.6 Å². The molecule has 31 heavy (non-hydrogen) atoms. The molecular formula is C25H24N4O2. The Bertz CT molecular complexity index is 1370. The van der Waals surface area contributed by atoms with Gasteiger partial charge in [0, 0.05) is 11.4 Å². The Morgan fingerprint density at radius 2 is 1.58 bits per heavy atom. The predicted molar refractivity (Wildman–Crippen MR) is 125 cm³/mol. The van der Waals surface area contributed by atoms with Crippen LogP contribution in [-0.4, -0.2) is 15.6 Å². The Labute approximate surface area is 180 Å². The van der Waals surface area contributed by atoms with Crippen LogP contribution in [-0.2, 0) is 0 Å². The zero-order chi connectivity index (χ0) is 22.1. The van der Waals surface area contributed by atoms with E-state index in [1.54, 1.807) is 16.7 Å². The summed E-state index contributed by atoms with van der Waals surface area (Å²) in [4.78, 5) is 30.1. The lowest BCUT2D eigenvalue weighted by Crippen LogP contribution is -2.23. The summed E-state index contributed by atoms with van der Waals surface area (Å²) < 4.78 is 1.59. The number of hydrogen-bond acceptors (Lipinski definition) is 3. The van der Waals surface area contributed by atoms with Crippen LogP contribution in [0.5, 0.6) is 0 Å². The average Bonchev–Trinajstić information content (AvgIpc) is 2.73. The lowest BCUT2D eigenvalue weighted by atomic mass is 10.1. The second kappa shape index (κ2) is 8.07. The van der Waals surface area contributed by atoms with E-state index in [9.17, 15) is 9.59 Å². The number of hydrogen-bond donors (Lipinski definition) is 2. The Morgan fingerprint density at radius 1 is 0.839 bits per heavy atom. The number of para-hydroxylation sites is 1. The zero-order valence-corrected chi connectivity index (χ0v) is 18.0. The van der Waals surface area contributed by atoms with Gasteiger partial charge in [-0.15, -0.1) is 0 Å². The van der Waals surface area contributed by atoms with E-state index in [1.165, 1.54) is 0 Å². The molecule has 0 spiro atoms. The monoisotopic (exact) mass is 412 g/mol. The van der Waals surface area contributed by atoms with E-state index < -0.39 is 0 Å². The van der Waals surface area contributed by atoms with Crippen LogP contribution in [0.3, 0.4) is 0 Å². The summed E-state index contributed by atoms with van der Waals surface area (Å²) in [6.07, 6.45) is 0. The third-order valence-corrected chi connectivity index (χ3v) is 5.51. The number of aryl methyl sites for hydroxylation is 3. The first-order valence-corrected chi connectivity index (χ1v) is 10.1. The van der Waals surface area contributed by atoms with Crippen LogP contribution in [0.25, 0.3) is 16.6 Å². The first-order valence-electron chi connectivity index (χ1n) is 10.1. The molecule has 0 aliphatic rings. The highest BCUT2D eigenvalue weighted by atomic mass is 16.2. The fourth-order valence-electron chi connectivity index (χ4n) is 3.64. The number of fused-ring (bicyclic) bond motifs is 1. The molecule has 2 amide bonds. The van der Waals surface area contributed by atoms with Crippen molar-refractivity contribution >= 4 is 28.3 Å². The van der Waals surface area contributed by atoms with Gasteiger partial charge in [0.2, 0.25) is 0 Å². The minimum Gasteiger partial charge on any atom is -0.307 e. The van der Waals surface area contributed by atoms with E-state index in [2.05, 4.69) is 15.6 Å². The van der Waals surface area contributed by atoms with Crippen LogP contribution in [0.1, 0.15) is 22.5 Å². The van der Waals surface area contributed by atoms with Gasteiger partial charge >= 0.3 is 6.03 Å². The smallest absolute Gasteiger partial charge is 0.307 e. The number of nitrogens with one attached hydrogen (secondary N) is 2. The molecule has 4 rings (SSSR count). The fourth-order valence-corrected chi connectivity index (χ4v) is 3.64. The van der Waals surface area contributed by atoms with Gasteiger partial charge in [-0.2, -0.15) is 0 Å². The molecule has 0 fully saturated rings. The second-order valence-corrected chi connectivity index (χ2v) is 7.64. The largest absolute Gasteiger partial charge is 0.323 e. The molecule has 0 aliphatic heterocycles. The number of carbonyl (C=O) groups excluding carboxylic acids is 1. The third-order valence-electron chi connectivity index (χ3n) is 5.51. The lowest BCUT2D eigenvalue weighted by molar-refractivity contribution is 0.262. The van der Waals surface area contributed by atoms with Crippen molar-refractivity contribution in [2.24, 2.45) is 0 Å². The standard InChI is InChI=1S/C25H24N4O2/c1-15-8-7-11-22(17(15)3)28-25(31)27-21-13-12-19(14-16(21)2)29-18(4)26-23-10-6-5-9-20(23)24(29)30/h5-14H,1-4H3,(H2,27,28,31). The molecule has 0 saturated heterocycles. The summed E-state index contributed by atoms with van der Waals surface area (Å²) in [6, 6.07) is 18.3. The third kappa shape index (κ3) is 3.92. The van der Waals surface area contributed by atoms with Gasteiger partial charge in [-0.05, 0) is 80.8 Å². The number of amides is 2. The molecule has 0 aliphatic carbocycles. The maximum Gasteiger partial charge on any atom is 0.323 e. The van der Waals surface area contributed by atoms with Gasteiger partial charge in [0.05, 0.1) is 16.6 Å². The van der Waals surface area contributed by atoms with E-state index in [-0.39, 0.29) is 11.6 Å². The Morgan fingerprint density at radius 3 is 2.35 bits per heavy atom. The van der Waals surface area contributed by atoms with E-state index >= 15 is 0 Å². The van der Waals surface area contributed by atoms with Crippen molar-refractivity contribution in [1.82, 2.24) is 9.55 Å². The van der Waals surface area contributed by atoms with Crippen molar-refractivity contribution in [3.8, 4) is 5.69 Å². The number of nitrogens with zero attached hydrogens (tertiary/aromatic N) is 2. The van der Waals surface area contributed by atoms with Crippen molar-refractivity contribution in [2.45, 2.75) is 27.7 Å². The van der Waals surface area contributed by atoms with Crippen molar-refractivity contribution in [1.29, 1.82) is 0 Å². The number of anilines is 2. The Kier molecular flexibility index (Phi) is 5.29. The molecule has 0 saturated carbocycles. The molecule has 6 heteroatoms. The summed E-state index contributed by atoms with van der Waals surface area (Å²) >= 11 is 0. The minimum absolute atomic E-state index is 0.115.